The van der Waals surface area contributed by atoms with Gasteiger partial charge >= 0.3 is 0 Å². The van der Waals surface area contributed by atoms with E-state index in [2.05, 4.69) is 24.2 Å². The van der Waals surface area contributed by atoms with E-state index >= 15 is 0 Å². The van der Waals surface area contributed by atoms with E-state index in [4.69, 9.17) is 4.42 Å². The number of nitrogens with one attached hydrogen (secondary N) is 1. The third-order valence-corrected chi connectivity index (χ3v) is 2.03. The molecule has 0 atom stereocenters. The van der Waals surface area contributed by atoms with Crippen molar-refractivity contribution in [2.24, 2.45) is 0 Å². The molecule has 1 aromatic rings. The van der Waals surface area contributed by atoms with Crippen LogP contribution in [0.15, 0.2) is 16.5 Å². The molecule has 0 amide bonds. The first-order chi connectivity index (χ1) is 6.26. The van der Waals surface area contributed by atoms with Crippen LogP contribution in [0.5, 0.6) is 0 Å². The summed E-state index contributed by atoms with van der Waals surface area (Å²) in [4.78, 5) is 2.21. The Morgan fingerprint density at radius 2 is 2.08 bits per heavy atom. The number of nitrogens with zero attached hydrogens (tertiary/aromatic N) is 1. The van der Waals surface area contributed by atoms with Crippen LogP contribution in [0, 0.1) is 0 Å². The highest BCUT2D eigenvalue weighted by molar-refractivity contribution is 5.06. The summed E-state index contributed by atoms with van der Waals surface area (Å²) >= 11 is 0. The fraction of sp³-hybridized carbons (Fsp3) is 0.600. The fourth-order valence-corrected chi connectivity index (χ4v) is 1.15. The van der Waals surface area contributed by atoms with E-state index in [1.807, 2.05) is 19.2 Å². The van der Waals surface area contributed by atoms with Crippen LogP contribution in [-0.4, -0.2) is 25.5 Å². The van der Waals surface area contributed by atoms with Crippen LogP contribution in [0.25, 0.3) is 0 Å². The molecule has 0 saturated heterocycles. The predicted octanol–water partition coefficient (Wildman–Crippen LogP) is 1.45. The van der Waals surface area contributed by atoms with Crippen molar-refractivity contribution < 1.29 is 4.42 Å². The van der Waals surface area contributed by atoms with Gasteiger partial charge in [-0.05, 0) is 32.8 Å². The van der Waals surface area contributed by atoms with Gasteiger partial charge in [-0.15, -0.1) is 0 Å². The topological polar surface area (TPSA) is 28.4 Å². The lowest BCUT2D eigenvalue weighted by atomic mass is 10.4. The van der Waals surface area contributed by atoms with Crippen LogP contribution >= 0.6 is 0 Å². The van der Waals surface area contributed by atoms with Gasteiger partial charge in [0.2, 0.25) is 0 Å². The van der Waals surface area contributed by atoms with Crippen LogP contribution in [0.1, 0.15) is 18.4 Å². The maximum absolute atomic E-state index is 5.59. The van der Waals surface area contributed by atoms with Crippen molar-refractivity contribution in [1.82, 2.24) is 10.2 Å². The van der Waals surface area contributed by atoms with Crippen LogP contribution < -0.4 is 5.32 Å². The highest BCUT2D eigenvalue weighted by Gasteiger charge is 2.02. The summed E-state index contributed by atoms with van der Waals surface area (Å²) in [6, 6.07) is 4.06. The summed E-state index contributed by atoms with van der Waals surface area (Å²) in [5, 5.41) is 3.06. The minimum Gasteiger partial charge on any atom is -0.463 e. The van der Waals surface area contributed by atoms with Crippen LogP contribution in [0.2, 0.25) is 0 Å². The van der Waals surface area contributed by atoms with Crippen molar-refractivity contribution in [3.8, 4) is 0 Å². The Hall–Kier alpha value is -0.800. The molecule has 0 spiro atoms. The van der Waals surface area contributed by atoms with E-state index in [1.54, 1.807) is 0 Å². The van der Waals surface area contributed by atoms with Gasteiger partial charge in [-0.3, -0.25) is 4.90 Å². The zero-order valence-corrected chi connectivity index (χ0v) is 8.63. The largest absolute Gasteiger partial charge is 0.463 e. The van der Waals surface area contributed by atoms with Crippen LogP contribution in [-0.2, 0) is 13.1 Å². The standard InChI is InChI=1S/C10H18N2O/c1-4-12(3)8-10-6-5-9(13-10)7-11-2/h5-6,11H,4,7-8H2,1-3H3. The van der Waals surface area contributed by atoms with E-state index in [1.165, 1.54) is 0 Å². The highest BCUT2D eigenvalue weighted by Crippen LogP contribution is 2.09. The number of hydrogen-bond acceptors (Lipinski definition) is 3. The summed E-state index contributed by atoms with van der Waals surface area (Å²) in [6.45, 7) is 4.87. The molecule has 1 N–H and O–H groups in total. The van der Waals surface area contributed by atoms with Crippen molar-refractivity contribution >= 4 is 0 Å². The molecule has 0 unspecified atom stereocenters. The zero-order valence-electron chi connectivity index (χ0n) is 8.63. The summed E-state index contributed by atoms with van der Waals surface area (Å²) in [7, 11) is 4.00. The first-order valence-electron chi connectivity index (χ1n) is 4.67. The second kappa shape index (κ2) is 5.04. The molecule has 74 valence electrons. The fourth-order valence-electron chi connectivity index (χ4n) is 1.15. The first kappa shape index (κ1) is 10.3. The third-order valence-electron chi connectivity index (χ3n) is 2.03. The molecular weight excluding hydrogens is 164 g/mol. The van der Waals surface area contributed by atoms with E-state index in [0.29, 0.717) is 0 Å². The molecule has 1 heterocycles. The van der Waals surface area contributed by atoms with E-state index in [-0.39, 0.29) is 0 Å². The second-order valence-corrected chi connectivity index (χ2v) is 3.23. The Bertz CT molecular complexity index is 245. The maximum atomic E-state index is 5.59. The van der Waals surface area contributed by atoms with E-state index in [0.717, 1.165) is 31.2 Å². The van der Waals surface area contributed by atoms with Crippen molar-refractivity contribution in [2.75, 3.05) is 20.6 Å². The Balaban J connectivity index is 2.48. The van der Waals surface area contributed by atoms with Gasteiger partial charge in [0.1, 0.15) is 11.5 Å². The van der Waals surface area contributed by atoms with Gasteiger partial charge in [0.05, 0.1) is 13.1 Å². The second-order valence-electron chi connectivity index (χ2n) is 3.23. The van der Waals surface area contributed by atoms with Gasteiger partial charge < -0.3 is 9.73 Å². The molecule has 0 aromatic carbocycles. The van der Waals surface area contributed by atoms with Crippen molar-refractivity contribution in [2.45, 2.75) is 20.0 Å². The average molecular weight is 182 g/mol. The SMILES string of the molecule is CCN(C)Cc1ccc(CNC)o1. The minimum absolute atomic E-state index is 0.801. The molecule has 1 rings (SSSR count). The Kier molecular flexibility index (Phi) is 3.99. The third kappa shape index (κ3) is 3.20. The maximum Gasteiger partial charge on any atom is 0.118 e. The molecular formula is C10H18N2O. The molecule has 0 fully saturated rings. The molecule has 3 heteroatoms. The summed E-state index contributed by atoms with van der Waals surface area (Å²) < 4.78 is 5.59. The molecule has 0 aliphatic carbocycles. The van der Waals surface area contributed by atoms with Gasteiger partial charge in [0.15, 0.2) is 0 Å². The summed E-state index contributed by atoms with van der Waals surface area (Å²) in [5.74, 6) is 2.04. The molecule has 3 nitrogen and oxygen atoms in total. The van der Waals surface area contributed by atoms with E-state index < -0.39 is 0 Å². The Labute approximate surface area is 79.7 Å². The number of rotatable bonds is 5. The molecule has 0 bridgehead atoms. The smallest absolute Gasteiger partial charge is 0.118 e. The quantitative estimate of drug-likeness (QED) is 0.747. The monoisotopic (exact) mass is 182 g/mol. The average Bonchev–Trinajstić information content (AvgIpc) is 2.53. The minimum atomic E-state index is 0.801. The highest BCUT2D eigenvalue weighted by atomic mass is 16.3. The van der Waals surface area contributed by atoms with Crippen LogP contribution in [0.4, 0.5) is 0 Å². The van der Waals surface area contributed by atoms with Gasteiger partial charge in [0.25, 0.3) is 0 Å². The van der Waals surface area contributed by atoms with Gasteiger partial charge in [0, 0.05) is 0 Å². The Morgan fingerprint density at radius 1 is 1.38 bits per heavy atom. The Morgan fingerprint density at radius 3 is 2.69 bits per heavy atom. The normalized spacial score (nSPS) is 11.1. The summed E-state index contributed by atoms with van der Waals surface area (Å²) in [5.41, 5.74) is 0. The van der Waals surface area contributed by atoms with Gasteiger partial charge in [-0.1, -0.05) is 6.92 Å². The molecule has 0 radical (unpaired) electrons. The van der Waals surface area contributed by atoms with Crippen molar-refractivity contribution in [1.29, 1.82) is 0 Å². The summed E-state index contributed by atoms with van der Waals surface area (Å²) in [6.07, 6.45) is 0. The van der Waals surface area contributed by atoms with Gasteiger partial charge in [-0.25, -0.2) is 0 Å². The first-order valence-corrected chi connectivity index (χ1v) is 4.67. The number of hydrogen-bond donors (Lipinski definition) is 1. The van der Waals surface area contributed by atoms with Crippen LogP contribution in [0.3, 0.4) is 0 Å². The molecule has 0 aliphatic heterocycles. The lowest BCUT2D eigenvalue weighted by molar-refractivity contribution is 0.303. The van der Waals surface area contributed by atoms with E-state index in [9.17, 15) is 0 Å². The van der Waals surface area contributed by atoms with Gasteiger partial charge in [-0.2, -0.15) is 0 Å². The number of furan rings is 1. The zero-order chi connectivity index (χ0) is 9.68. The lowest BCUT2D eigenvalue weighted by Crippen LogP contribution is -2.16. The van der Waals surface area contributed by atoms with Crippen molar-refractivity contribution in [3.63, 3.8) is 0 Å². The lowest BCUT2D eigenvalue weighted by Gasteiger charge is -2.10. The molecule has 0 aliphatic rings. The molecule has 0 saturated carbocycles. The molecule has 1 aromatic heterocycles. The predicted molar refractivity (Wildman–Crippen MR) is 53.5 cm³/mol. The molecule has 13 heavy (non-hydrogen) atoms. The van der Waals surface area contributed by atoms with Crippen molar-refractivity contribution in [3.05, 3.63) is 23.7 Å².